The second kappa shape index (κ2) is 21.5. The van der Waals surface area contributed by atoms with E-state index >= 15 is 0 Å². The minimum atomic E-state index is -1.20. The van der Waals surface area contributed by atoms with Crippen LogP contribution in [0.4, 0.5) is 0 Å². The molecule has 17 heteroatoms. The maximum atomic E-state index is 14.8. The van der Waals surface area contributed by atoms with E-state index < -0.39 is 59.2 Å². The van der Waals surface area contributed by atoms with Gasteiger partial charge in [0.05, 0.1) is 38.6 Å². The number of esters is 1. The minimum absolute atomic E-state index is 0.0260. The number of rotatable bonds is 13. The number of pyridine rings is 1. The van der Waals surface area contributed by atoms with Crippen LogP contribution in [0.25, 0.3) is 33.3 Å². The first-order valence-corrected chi connectivity index (χ1v) is 24.8. The number of hydrogen-bond donors (Lipinski definition) is 4. The Morgan fingerprint density at radius 3 is 2.49 bits per heavy atom. The van der Waals surface area contributed by atoms with Crippen molar-refractivity contribution in [1.82, 2.24) is 40.4 Å². The molecule has 3 aromatic carbocycles. The summed E-state index contributed by atoms with van der Waals surface area (Å²) in [6, 6.07) is 17.0. The Kier molecular flexibility index (Phi) is 15.4. The molecule has 17 nitrogen and oxygen atoms in total. The number of ether oxygens (including phenoxy) is 3. The van der Waals surface area contributed by atoms with Gasteiger partial charge in [-0.25, -0.2) is 5.43 Å². The van der Waals surface area contributed by atoms with Crippen molar-refractivity contribution in [2.45, 2.75) is 104 Å². The lowest BCUT2D eigenvalue weighted by Crippen LogP contribution is -2.62. The molecule has 2 saturated heterocycles. The zero-order valence-corrected chi connectivity index (χ0v) is 42.8. The molecule has 8 rings (SSSR count). The molecule has 2 fully saturated rings. The summed E-state index contributed by atoms with van der Waals surface area (Å²) in [7, 11) is 6.33. The van der Waals surface area contributed by atoms with Crippen molar-refractivity contribution in [1.29, 1.82) is 0 Å². The molecule has 2 aromatic heterocycles. The first kappa shape index (κ1) is 51.5. The van der Waals surface area contributed by atoms with Crippen LogP contribution in [-0.2, 0) is 59.4 Å². The normalized spacial score (nSPS) is 20.3. The first-order chi connectivity index (χ1) is 34.4. The fraction of sp³-hybridized carbons (Fsp3) is 0.455. The Morgan fingerprint density at radius 1 is 1.01 bits per heavy atom. The van der Waals surface area contributed by atoms with E-state index in [0.29, 0.717) is 49.3 Å². The van der Waals surface area contributed by atoms with Gasteiger partial charge in [0.1, 0.15) is 35.7 Å². The van der Waals surface area contributed by atoms with E-state index in [-0.39, 0.29) is 43.8 Å². The molecular formula is C55H68N8O9. The van der Waals surface area contributed by atoms with Crippen molar-refractivity contribution < 1.29 is 43.3 Å². The monoisotopic (exact) mass is 985 g/mol. The standard InChI is InChI=1S/C55H68N8O9/c1-10-62-45-18-15-35-26-40(45)41(50(62)42-28-56-20-19-36(42)30-70-8)27-55(4,5)31-72-54(69)43-12-11-21-63(59-43)52(67)44(24-33-22-37(35)25-38(64)23-33)57-51(66)49(32(2)3)61(7)46(65)29-60(6)53(68)48-47(58-48)34-13-16-39(71-9)17-14-34/h13-20,22-23,25-26,28,32,43-44,47-49,58-59,64H,10-12,21,24,27,29-31H2,1-9H3,(H,57,66)/t43-,44-,47+,48+,49?/m0/s1. The van der Waals surface area contributed by atoms with Crippen LogP contribution in [0.15, 0.2) is 79.1 Å². The summed E-state index contributed by atoms with van der Waals surface area (Å²) in [5.74, 6) is -2.03. The molecule has 5 aromatic rings. The molecule has 0 aliphatic carbocycles. The van der Waals surface area contributed by atoms with Gasteiger partial charge in [-0.05, 0) is 108 Å². The van der Waals surface area contributed by atoms with Gasteiger partial charge >= 0.3 is 5.97 Å². The van der Waals surface area contributed by atoms with Crippen molar-refractivity contribution in [3.05, 3.63) is 101 Å². The number of hydrogen-bond acceptors (Lipinski definition) is 12. The molecule has 0 radical (unpaired) electrons. The number of aromatic nitrogens is 2. The van der Waals surface area contributed by atoms with Crippen molar-refractivity contribution in [3.8, 4) is 33.9 Å². The lowest BCUT2D eigenvalue weighted by molar-refractivity contribution is -0.155. The molecule has 6 bridgehead atoms. The van der Waals surface area contributed by atoms with Gasteiger partial charge < -0.3 is 39.0 Å². The van der Waals surface area contributed by atoms with Gasteiger partial charge in [0.25, 0.3) is 5.91 Å². The van der Waals surface area contributed by atoms with Crippen molar-refractivity contribution in [2.24, 2.45) is 11.3 Å². The number of nitrogens with zero attached hydrogens (tertiary/aromatic N) is 5. The zero-order valence-electron chi connectivity index (χ0n) is 42.8. The average molecular weight is 985 g/mol. The summed E-state index contributed by atoms with van der Waals surface area (Å²) in [5, 5.41) is 19.9. The summed E-state index contributed by atoms with van der Waals surface area (Å²) in [4.78, 5) is 78.0. The number of methoxy groups -OCH3 is 2. The second-order valence-corrected chi connectivity index (χ2v) is 20.5. The highest BCUT2D eigenvalue weighted by Gasteiger charge is 2.45. The first-order valence-electron chi connectivity index (χ1n) is 24.8. The fourth-order valence-electron chi connectivity index (χ4n) is 10.4. The third-order valence-corrected chi connectivity index (χ3v) is 14.1. The molecule has 4 N–H and O–H groups in total. The van der Waals surface area contributed by atoms with Gasteiger partial charge in [0.2, 0.25) is 17.7 Å². The molecule has 4 amide bonds. The molecule has 0 saturated carbocycles. The summed E-state index contributed by atoms with van der Waals surface area (Å²) in [6.45, 7) is 11.0. The number of aromatic hydroxyl groups is 1. The molecule has 382 valence electrons. The Morgan fingerprint density at radius 2 is 1.78 bits per heavy atom. The summed E-state index contributed by atoms with van der Waals surface area (Å²) in [6.07, 6.45) is 5.05. The van der Waals surface area contributed by atoms with Crippen LogP contribution >= 0.6 is 0 Å². The van der Waals surface area contributed by atoms with E-state index in [9.17, 15) is 29.1 Å². The van der Waals surface area contributed by atoms with Gasteiger partial charge in [-0.3, -0.25) is 39.3 Å². The molecule has 5 heterocycles. The predicted molar refractivity (Wildman–Crippen MR) is 272 cm³/mol. The number of carbonyl (C=O) groups is 5. The number of nitrogens with one attached hydrogen (secondary N) is 3. The molecule has 1 unspecified atom stereocenters. The highest BCUT2D eigenvalue weighted by Crippen LogP contribution is 2.41. The Labute approximate surface area is 421 Å². The maximum absolute atomic E-state index is 14.8. The lowest BCUT2D eigenvalue weighted by atomic mass is 9.84. The molecule has 5 atom stereocenters. The quantitative estimate of drug-likeness (QED) is 0.0847. The molecular weight excluding hydrogens is 917 g/mol. The topological polar surface area (TPSA) is 207 Å². The van der Waals surface area contributed by atoms with Gasteiger partial charge in [-0.1, -0.05) is 52.0 Å². The number of benzene rings is 3. The number of phenolic OH excluding ortho intramolecular Hbond substituents is 1. The molecule has 3 aliphatic rings. The number of likely N-dealkylation sites (N-methyl/N-ethyl adjacent to an activating group) is 2. The average Bonchev–Trinajstić information content (AvgIpc) is 4.11. The highest BCUT2D eigenvalue weighted by molar-refractivity contribution is 5.96. The minimum Gasteiger partial charge on any atom is -0.508 e. The van der Waals surface area contributed by atoms with Gasteiger partial charge in [0, 0.05) is 75.0 Å². The van der Waals surface area contributed by atoms with Crippen molar-refractivity contribution in [3.63, 3.8) is 0 Å². The number of phenols is 1. The number of hydrazine groups is 1. The fourth-order valence-corrected chi connectivity index (χ4v) is 10.4. The van der Waals surface area contributed by atoms with Crippen LogP contribution in [-0.4, -0.2) is 131 Å². The maximum Gasteiger partial charge on any atom is 0.324 e. The van der Waals surface area contributed by atoms with Crippen molar-refractivity contribution in [2.75, 3.05) is 48.0 Å². The van der Waals surface area contributed by atoms with E-state index in [4.69, 9.17) is 14.2 Å². The van der Waals surface area contributed by atoms with Crippen LogP contribution in [0, 0.1) is 11.3 Å². The van der Waals surface area contributed by atoms with Crippen LogP contribution < -0.4 is 20.8 Å². The van der Waals surface area contributed by atoms with Gasteiger partial charge in [-0.2, -0.15) is 0 Å². The summed E-state index contributed by atoms with van der Waals surface area (Å²) < 4.78 is 19.3. The van der Waals surface area contributed by atoms with Crippen LogP contribution in [0.5, 0.6) is 11.5 Å². The zero-order chi connectivity index (χ0) is 51.6. The Balaban J connectivity index is 1.11. The molecule has 3 aliphatic heterocycles. The number of aryl methyl sites for hydroxylation is 1. The van der Waals surface area contributed by atoms with E-state index in [1.807, 2.05) is 62.5 Å². The number of carbonyl (C=O) groups excluding carboxylic acids is 5. The lowest BCUT2D eigenvalue weighted by Gasteiger charge is -2.37. The second-order valence-electron chi connectivity index (χ2n) is 20.5. The Hall–Kier alpha value is -6.82. The SMILES string of the molecule is CCn1c(-c2cnccc2COC)c2c3cc(ccc31)-c1cc(O)cc(c1)C[C@H](NC(=O)C(C(C)C)N(C)C(=O)CN(C)C(=O)[C@@H]1N[C@@H]1c1ccc(OC)cc1)C(=O)N1CCC[C@H](N1)C(=O)OCC(C)(C)C2. The van der Waals surface area contributed by atoms with Crippen LogP contribution in [0.1, 0.15) is 75.8 Å². The molecule has 0 spiro atoms. The summed E-state index contributed by atoms with van der Waals surface area (Å²) >= 11 is 0. The van der Waals surface area contributed by atoms with Crippen molar-refractivity contribution >= 4 is 40.5 Å². The largest absolute Gasteiger partial charge is 0.508 e. The number of fused-ring (bicyclic) bond motifs is 6. The van der Waals surface area contributed by atoms with E-state index in [2.05, 4.69) is 58.5 Å². The van der Waals surface area contributed by atoms with Gasteiger partial charge in [-0.15, -0.1) is 0 Å². The van der Waals surface area contributed by atoms with Crippen LogP contribution in [0.3, 0.4) is 0 Å². The third-order valence-electron chi connectivity index (χ3n) is 14.1. The molecule has 72 heavy (non-hydrogen) atoms. The van der Waals surface area contributed by atoms with E-state index in [1.165, 1.54) is 21.9 Å². The predicted octanol–water partition coefficient (Wildman–Crippen LogP) is 5.55. The van der Waals surface area contributed by atoms with Crippen LogP contribution in [0.2, 0.25) is 0 Å². The van der Waals surface area contributed by atoms with Gasteiger partial charge in [0.15, 0.2) is 0 Å². The van der Waals surface area contributed by atoms with E-state index in [1.54, 1.807) is 39.6 Å². The Bertz CT molecular complexity index is 2840. The van der Waals surface area contributed by atoms with E-state index in [0.717, 1.165) is 44.4 Å². The third kappa shape index (κ3) is 11.0. The number of amides is 4. The smallest absolute Gasteiger partial charge is 0.324 e. The highest BCUT2D eigenvalue weighted by atomic mass is 16.5. The summed E-state index contributed by atoms with van der Waals surface area (Å²) in [5.41, 5.74) is 10.5. The number of cyclic esters (lactones) is 1.